The first-order valence-electron chi connectivity index (χ1n) is 8.44. The molecule has 0 bridgehead atoms. The summed E-state index contributed by atoms with van der Waals surface area (Å²) in [6.45, 7) is -1.10. The van der Waals surface area contributed by atoms with Gasteiger partial charge in [-0.3, -0.25) is 4.79 Å². The van der Waals surface area contributed by atoms with Crippen LogP contribution < -0.4 is 10.1 Å². The minimum Gasteiger partial charge on any atom is -0.484 e. The highest BCUT2D eigenvalue weighted by Gasteiger charge is 2.28. The molecule has 8 heteroatoms. The second kappa shape index (κ2) is 8.60. The molecule has 1 aromatic heterocycles. The lowest BCUT2D eigenvalue weighted by Gasteiger charge is -2.10. The smallest absolute Gasteiger partial charge is 0.422 e. The molecule has 0 unspecified atom stereocenters. The number of carbonyl (C=O) groups is 1. The molecule has 0 saturated carbocycles. The minimum atomic E-state index is -4.38. The number of halogens is 3. The number of rotatable bonds is 7. The number of carbonyl (C=O) groups excluding carboxylic acids is 1. The van der Waals surface area contributed by atoms with Crippen LogP contribution in [0.15, 0.2) is 65.3 Å². The van der Waals surface area contributed by atoms with Crippen molar-refractivity contribution in [3.05, 3.63) is 72.1 Å². The van der Waals surface area contributed by atoms with Crippen molar-refractivity contribution in [3.8, 4) is 17.2 Å². The maximum absolute atomic E-state index is 12.1. The summed E-state index contributed by atoms with van der Waals surface area (Å²) in [4.78, 5) is 16.4. The van der Waals surface area contributed by atoms with Crippen LogP contribution in [0, 0.1) is 0 Å². The van der Waals surface area contributed by atoms with E-state index in [1.807, 2.05) is 30.3 Å². The van der Waals surface area contributed by atoms with Gasteiger partial charge in [0, 0.05) is 12.1 Å². The molecule has 0 fully saturated rings. The van der Waals surface area contributed by atoms with Gasteiger partial charge in [-0.25, -0.2) is 4.98 Å². The van der Waals surface area contributed by atoms with Gasteiger partial charge in [-0.05, 0) is 29.8 Å². The Labute approximate surface area is 159 Å². The SMILES string of the molecule is O=C(Cc1coc(-c2ccccc2)n1)NCc1ccc(OCC(F)(F)F)cc1. The second-order valence-corrected chi connectivity index (χ2v) is 6.01. The minimum absolute atomic E-state index is 0.0586. The second-order valence-electron chi connectivity index (χ2n) is 6.01. The lowest BCUT2D eigenvalue weighted by atomic mass is 10.2. The average Bonchev–Trinajstić information content (AvgIpc) is 3.14. The summed E-state index contributed by atoms with van der Waals surface area (Å²) < 4.78 is 46.4. The summed E-state index contributed by atoms with van der Waals surface area (Å²) in [5.41, 5.74) is 2.06. The van der Waals surface area contributed by atoms with Gasteiger partial charge in [-0.15, -0.1) is 0 Å². The van der Waals surface area contributed by atoms with Gasteiger partial charge in [-0.1, -0.05) is 30.3 Å². The number of amides is 1. The fourth-order valence-electron chi connectivity index (χ4n) is 2.40. The van der Waals surface area contributed by atoms with E-state index >= 15 is 0 Å². The van der Waals surface area contributed by atoms with Crippen LogP contribution in [-0.4, -0.2) is 23.7 Å². The van der Waals surface area contributed by atoms with Gasteiger partial charge in [0.25, 0.3) is 0 Å². The van der Waals surface area contributed by atoms with Crippen LogP contribution in [0.4, 0.5) is 13.2 Å². The number of hydrogen-bond acceptors (Lipinski definition) is 4. The quantitative estimate of drug-likeness (QED) is 0.659. The molecule has 1 heterocycles. The normalized spacial score (nSPS) is 11.2. The number of aromatic nitrogens is 1. The molecule has 28 heavy (non-hydrogen) atoms. The van der Waals surface area contributed by atoms with Crippen molar-refractivity contribution >= 4 is 5.91 Å². The number of nitrogens with zero attached hydrogens (tertiary/aromatic N) is 1. The standard InChI is InChI=1S/C20H17F3N2O3/c21-20(22,23)13-28-17-8-6-14(7-9-17)11-24-18(26)10-16-12-27-19(25-16)15-4-2-1-3-5-15/h1-9,12H,10-11,13H2,(H,24,26). The zero-order valence-electron chi connectivity index (χ0n) is 14.7. The first kappa shape index (κ1) is 19.5. The highest BCUT2D eigenvalue weighted by atomic mass is 19.4. The Kier molecular flexibility index (Phi) is 5.98. The Hall–Kier alpha value is -3.29. The van der Waals surface area contributed by atoms with E-state index in [0.29, 0.717) is 11.6 Å². The molecule has 2 aromatic carbocycles. The Balaban J connectivity index is 1.47. The summed E-state index contributed by atoms with van der Waals surface area (Å²) in [6, 6.07) is 15.4. The van der Waals surface area contributed by atoms with E-state index in [9.17, 15) is 18.0 Å². The van der Waals surface area contributed by atoms with E-state index in [1.165, 1.54) is 18.4 Å². The van der Waals surface area contributed by atoms with Gasteiger partial charge in [0.2, 0.25) is 11.8 Å². The average molecular weight is 390 g/mol. The highest BCUT2D eigenvalue weighted by molar-refractivity contribution is 5.78. The summed E-state index contributed by atoms with van der Waals surface area (Å²) in [6.07, 6.45) is -2.88. The number of hydrogen-bond donors (Lipinski definition) is 1. The van der Waals surface area contributed by atoms with E-state index < -0.39 is 12.8 Å². The zero-order valence-corrected chi connectivity index (χ0v) is 14.7. The summed E-state index contributed by atoms with van der Waals surface area (Å²) in [7, 11) is 0. The van der Waals surface area contributed by atoms with Crippen molar-refractivity contribution in [1.29, 1.82) is 0 Å². The third-order valence-electron chi connectivity index (χ3n) is 3.73. The molecule has 3 aromatic rings. The fourth-order valence-corrected chi connectivity index (χ4v) is 2.40. The molecule has 0 radical (unpaired) electrons. The van der Waals surface area contributed by atoms with Gasteiger partial charge < -0.3 is 14.5 Å². The third kappa shape index (κ3) is 5.87. The van der Waals surface area contributed by atoms with Gasteiger partial charge in [-0.2, -0.15) is 13.2 Å². The van der Waals surface area contributed by atoms with E-state index in [0.717, 1.165) is 11.1 Å². The van der Waals surface area contributed by atoms with Gasteiger partial charge in [0.15, 0.2) is 6.61 Å². The molecule has 0 spiro atoms. The van der Waals surface area contributed by atoms with Crippen molar-refractivity contribution in [1.82, 2.24) is 10.3 Å². The van der Waals surface area contributed by atoms with Crippen molar-refractivity contribution in [2.45, 2.75) is 19.1 Å². The molecule has 0 atom stereocenters. The third-order valence-corrected chi connectivity index (χ3v) is 3.73. The lowest BCUT2D eigenvalue weighted by molar-refractivity contribution is -0.153. The van der Waals surface area contributed by atoms with Crippen molar-refractivity contribution in [3.63, 3.8) is 0 Å². The van der Waals surface area contributed by atoms with Crippen LogP contribution in [0.25, 0.3) is 11.5 Å². The number of nitrogens with one attached hydrogen (secondary N) is 1. The van der Waals surface area contributed by atoms with Gasteiger partial charge >= 0.3 is 6.18 Å². The molecule has 1 amide bonds. The molecule has 1 N–H and O–H groups in total. The topological polar surface area (TPSA) is 64.4 Å². The van der Waals surface area contributed by atoms with Crippen LogP contribution >= 0.6 is 0 Å². The van der Waals surface area contributed by atoms with Crippen LogP contribution in [-0.2, 0) is 17.8 Å². The summed E-state index contributed by atoms with van der Waals surface area (Å²) in [5.74, 6) is 0.312. The lowest BCUT2D eigenvalue weighted by Crippen LogP contribution is -2.24. The Bertz CT molecular complexity index is 906. The number of oxazole rings is 1. The van der Waals surface area contributed by atoms with Gasteiger partial charge in [0.1, 0.15) is 12.0 Å². The highest BCUT2D eigenvalue weighted by Crippen LogP contribution is 2.19. The van der Waals surface area contributed by atoms with E-state index in [2.05, 4.69) is 15.0 Å². The van der Waals surface area contributed by atoms with Crippen LogP contribution in [0.2, 0.25) is 0 Å². The van der Waals surface area contributed by atoms with Crippen molar-refractivity contribution in [2.75, 3.05) is 6.61 Å². The maximum Gasteiger partial charge on any atom is 0.422 e. The predicted octanol–water partition coefficient (Wildman–Crippen LogP) is 4.14. The monoisotopic (exact) mass is 390 g/mol. The van der Waals surface area contributed by atoms with Crippen molar-refractivity contribution in [2.24, 2.45) is 0 Å². The molecule has 0 aliphatic carbocycles. The Morgan fingerprint density at radius 1 is 1.07 bits per heavy atom. The Morgan fingerprint density at radius 2 is 1.79 bits per heavy atom. The number of alkyl halides is 3. The van der Waals surface area contributed by atoms with Crippen LogP contribution in [0.5, 0.6) is 5.75 Å². The van der Waals surface area contributed by atoms with E-state index in [4.69, 9.17) is 4.42 Å². The Morgan fingerprint density at radius 3 is 2.46 bits per heavy atom. The van der Waals surface area contributed by atoms with Crippen LogP contribution in [0.3, 0.4) is 0 Å². The van der Waals surface area contributed by atoms with E-state index in [-0.39, 0.29) is 24.6 Å². The molecule has 0 aliphatic rings. The largest absolute Gasteiger partial charge is 0.484 e. The van der Waals surface area contributed by atoms with E-state index in [1.54, 1.807) is 12.1 Å². The number of benzene rings is 2. The molecular formula is C20H17F3N2O3. The maximum atomic E-state index is 12.1. The van der Waals surface area contributed by atoms with Gasteiger partial charge in [0.05, 0.1) is 12.1 Å². The first-order valence-corrected chi connectivity index (χ1v) is 8.44. The van der Waals surface area contributed by atoms with Crippen LogP contribution in [0.1, 0.15) is 11.3 Å². The molecule has 0 saturated heterocycles. The summed E-state index contributed by atoms with van der Waals surface area (Å²) >= 11 is 0. The first-order chi connectivity index (χ1) is 13.4. The zero-order chi connectivity index (χ0) is 20.0. The summed E-state index contributed by atoms with van der Waals surface area (Å²) in [5, 5.41) is 2.73. The molecule has 146 valence electrons. The molecular weight excluding hydrogens is 373 g/mol. The fraction of sp³-hybridized carbons (Fsp3) is 0.200. The molecule has 3 rings (SSSR count). The predicted molar refractivity (Wildman–Crippen MR) is 95.5 cm³/mol. The molecule has 0 aliphatic heterocycles. The number of ether oxygens (including phenoxy) is 1. The van der Waals surface area contributed by atoms with Crippen molar-refractivity contribution < 1.29 is 27.1 Å². The molecule has 5 nitrogen and oxygen atoms in total.